The van der Waals surface area contributed by atoms with E-state index in [1.54, 1.807) is 4.90 Å². The van der Waals surface area contributed by atoms with E-state index < -0.39 is 23.6 Å². The van der Waals surface area contributed by atoms with Crippen molar-refractivity contribution in [3.8, 4) is 6.07 Å². The summed E-state index contributed by atoms with van der Waals surface area (Å²) in [6.07, 6.45) is -0.795. The molecule has 1 aliphatic rings. The highest BCUT2D eigenvalue weighted by molar-refractivity contribution is 5.85. The maximum atomic E-state index is 13.2. The van der Waals surface area contributed by atoms with Gasteiger partial charge in [0.05, 0.1) is 6.07 Å². The van der Waals surface area contributed by atoms with Gasteiger partial charge in [0.2, 0.25) is 5.91 Å². The number of benzene rings is 2. The molecule has 0 aromatic heterocycles. The molecule has 0 bridgehead atoms. The molecule has 2 aromatic carbocycles. The Hall–Kier alpha value is -3.86. The fourth-order valence-electron chi connectivity index (χ4n) is 4.18. The molecule has 0 saturated carbocycles. The molecule has 3 amide bonds. The maximum absolute atomic E-state index is 13.2. The van der Waals surface area contributed by atoms with Crippen molar-refractivity contribution < 1.29 is 19.1 Å². The van der Waals surface area contributed by atoms with Crippen LogP contribution in [0.3, 0.4) is 0 Å². The topological polar surface area (TPSA) is 112 Å². The number of nitrogens with one attached hydrogen (secondary N) is 2. The monoisotopic (exact) mass is 490 g/mol. The largest absolute Gasteiger partial charge is 0.436 e. The third-order valence-corrected chi connectivity index (χ3v) is 6.23. The summed E-state index contributed by atoms with van der Waals surface area (Å²) < 4.78 is 5.48. The Balaban J connectivity index is 1.63. The quantitative estimate of drug-likeness (QED) is 0.553. The van der Waals surface area contributed by atoms with Crippen LogP contribution in [0.1, 0.15) is 50.7 Å². The van der Waals surface area contributed by atoms with Crippen LogP contribution < -0.4 is 10.6 Å². The molecule has 0 spiro atoms. The molecule has 190 valence electrons. The molecular formula is C28H34N4O4. The van der Waals surface area contributed by atoms with Crippen molar-refractivity contribution in [1.82, 2.24) is 15.5 Å². The zero-order chi connectivity index (χ0) is 26.0. The lowest BCUT2D eigenvalue weighted by molar-refractivity contribution is -0.132. The number of amides is 3. The number of nitrogens with zero attached hydrogens (tertiary/aromatic N) is 2. The van der Waals surface area contributed by atoms with E-state index in [9.17, 15) is 19.6 Å². The lowest BCUT2D eigenvalue weighted by atomic mass is 9.91. The van der Waals surface area contributed by atoms with E-state index in [-0.39, 0.29) is 31.2 Å². The van der Waals surface area contributed by atoms with Crippen LogP contribution in [-0.4, -0.2) is 41.0 Å². The summed E-state index contributed by atoms with van der Waals surface area (Å²) in [6, 6.07) is 21.3. The van der Waals surface area contributed by atoms with Crippen molar-refractivity contribution in [1.29, 1.82) is 5.26 Å². The zero-order valence-corrected chi connectivity index (χ0v) is 20.9. The molecule has 8 nitrogen and oxygen atoms in total. The van der Waals surface area contributed by atoms with E-state index in [1.807, 2.05) is 74.5 Å². The summed E-state index contributed by atoms with van der Waals surface area (Å²) in [5.74, 6) is -0.498. The molecule has 36 heavy (non-hydrogen) atoms. The van der Waals surface area contributed by atoms with Gasteiger partial charge in [0.15, 0.2) is 6.10 Å². The Kier molecular flexibility index (Phi) is 9.46. The number of alkyl carbamates (subject to hydrolysis) is 1. The summed E-state index contributed by atoms with van der Waals surface area (Å²) in [5, 5.41) is 15.5. The van der Waals surface area contributed by atoms with Gasteiger partial charge in [-0.25, -0.2) is 4.79 Å². The minimum Gasteiger partial charge on any atom is -0.436 e. The Morgan fingerprint density at radius 1 is 1.06 bits per heavy atom. The molecule has 0 radical (unpaired) electrons. The fourth-order valence-corrected chi connectivity index (χ4v) is 4.18. The molecule has 2 aromatic rings. The van der Waals surface area contributed by atoms with E-state index >= 15 is 0 Å². The van der Waals surface area contributed by atoms with Gasteiger partial charge in [-0.3, -0.25) is 9.59 Å². The first-order chi connectivity index (χ1) is 17.3. The van der Waals surface area contributed by atoms with Crippen LogP contribution in [0.15, 0.2) is 60.7 Å². The van der Waals surface area contributed by atoms with E-state index in [2.05, 4.69) is 16.7 Å². The number of carbonyl (C=O) groups is 3. The number of nitriles is 1. The van der Waals surface area contributed by atoms with Gasteiger partial charge in [-0.2, -0.15) is 5.26 Å². The van der Waals surface area contributed by atoms with Crippen LogP contribution >= 0.6 is 0 Å². The summed E-state index contributed by atoms with van der Waals surface area (Å²) in [6.45, 7) is 4.93. The van der Waals surface area contributed by atoms with E-state index in [0.717, 1.165) is 11.1 Å². The van der Waals surface area contributed by atoms with Gasteiger partial charge < -0.3 is 20.3 Å². The van der Waals surface area contributed by atoms with E-state index in [0.29, 0.717) is 25.9 Å². The number of hydrogen-bond donors (Lipinski definition) is 2. The van der Waals surface area contributed by atoms with Crippen LogP contribution in [0.25, 0.3) is 0 Å². The lowest BCUT2D eigenvalue weighted by Gasteiger charge is -2.29. The van der Waals surface area contributed by atoms with Gasteiger partial charge in [-0.1, -0.05) is 74.5 Å². The molecule has 2 N–H and O–H groups in total. The molecule has 1 aliphatic heterocycles. The molecule has 0 aliphatic carbocycles. The van der Waals surface area contributed by atoms with Gasteiger partial charge in [0.1, 0.15) is 5.54 Å². The normalized spacial score (nSPS) is 18.6. The first-order valence-corrected chi connectivity index (χ1v) is 12.3. The third-order valence-electron chi connectivity index (χ3n) is 6.23. The predicted molar refractivity (Wildman–Crippen MR) is 135 cm³/mol. The van der Waals surface area contributed by atoms with Gasteiger partial charge in [0.25, 0.3) is 5.91 Å². The van der Waals surface area contributed by atoms with Crippen LogP contribution in [-0.2, 0) is 27.4 Å². The summed E-state index contributed by atoms with van der Waals surface area (Å²) in [5.41, 5.74) is 0.703. The van der Waals surface area contributed by atoms with Crippen LogP contribution in [0.2, 0.25) is 0 Å². The standard InChI is InChI=1S/C28H34N4O4/c1-21(2)17-24(36-27(35)30-18-22-9-5-3-6-10-22)26(34)31-28(20-29)14-13-25(33)32(16-15-28)19-23-11-7-4-8-12-23/h3-12,21,24H,13-19H2,1-2H3,(H,30,35)(H,31,34)/t24-,28?/m0/s1. The summed E-state index contributed by atoms with van der Waals surface area (Å²) >= 11 is 0. The highest BCUT2D eigenvalue weighted by atomic mass is 16.6. The highest BCUT2D eigenvalue weighted by Gasteiger charge is 2.39. The average molecular weight is 491 g/mol. The first kappa shape index (κ1) is 26.7. The lowest BCUT2D eigenvalue weighted by Crippen LogP contribution is -2.52. The van der Waals surface area contributed by atoms with Crippen LogP contribution in [0, 0.1) is 17.2 Å². The Labute approximate surface area is 212 Å². The molecule has 2 atom stereocenters. The number of ether oxygens (including phenoxy) is 1. The molecule has 1 heterocycles. The Bertz CT molecular complexity index is 1070. The molecule has 1 saturated heterocycles. The second kappa shape index (κ2) is 12.7. The van der Waals surface area contributed by atoms with Gasteiger partial charge in [-0.15, -0.1) is 0 Å². The predicted octanol–water partition coefficient (Wildman–Crippen LogP) is 3.92. The van der Waals surface area contributed by atoms with Crippen molar-refractivity contribution in [2.75, 3.05) is 6.54 Å². The van der Waals surface area contributed by atoms with Crippen molar-refractivity contribution in [3.63, 3.8) is 0 Å². The van der Waals surface area contributed by atoms with Crippen LogP contribution in [0.4, 0.5) is 4.79 Å². The fraction of sp³-hybridized carbons (Fsp3) is 0.429. The first-order valence-electron chi connectivity index (χ1n) is 12.3. The molecule has 1 fully saturated rings. The van der Waals surface area contributed by atoms with Gasteiger partial charge in [0, 0.05) is 32.5 Å². The van der Waals surface area contributed by atoms with Gasteiger partial charge >= 0.3 is 6.09 Å². The maximum Gasteiger partial charge on any atom is 0.408 e. The molecule has 8 heteroatoms. The second-order valence-corrected chi connectivity index (χ2v) is 9.60. The molecule has 1 unspecified atom stereocenters. The van der Waals surface area contributed by atoms with Gasteiger partial charge in [-0.05, 0) is 29.9 Å². The summed E-state index contributed by atoms with van der Waals surface area (Å²) in [4.78, 5) is 40.1. The minimum atomic E-state index is -1.21. The number of likely N-dealkylation sites (tertiary alicyclic amines) is 1. The van der Waals surface area contributed by atoms with Crippen molar-refractivity contribution in [3.05, 3.63) is 71.8 Å². The third kappa shape index (κ3) is 7.84. The highest BCUT2D eigenvalue weighted by Crippen LogP contribution is 2.25. The second-order valence-electron chi connectivity index (χ2n) is 9.60. The van der Waals surface area contributed by atoms with E-state index in [1.165, 1.54) is 0 Å². The number of rotatable bonds is 9. The van der Waals surface area contributed by atoms with Crippen molar-refractivity contribution >= 4 is 17.9 Å². The van der Waals surface area contributed by atoms with Crippen LogP contribution in [0.5, 0.6) is 0 Å². The number of carbonyl (C=O) groups excluding carboxylic acids is 3. The minimum absolute atomic E-state index is 0.0551. The SMILES string of the molecule is CC(C)C[C@H](OC(=O)NCc1ccccc1)C(=O)NC1(C#N)CCC(=O)N(Cc2ccccc2)CC1. The Morgan fingerprint density at radius 3 is 2.31 bits per heavy atom. The smallest absolute Gasteiger partial charge is 0.408 e. The Morgan fingerprint density at radius 2 is 1.69 bits per heavy atom. The molecular weight excluding hydrogens is 456 g/mol. The van der Waals surface area contributed by atoms with Crippen molar-refractivity contribution in [2.24, 2.45) is 5.92 Å². The average Bonchev–Trinajstić information content (AvgIpc) is 3.03. The van der Waals surface area contributed by atoms with Crippen molar-refractivity contribution in [2.45, 2.75) is 64.3 Å². The van der Waals surface area contributed by atoms with E-state index in [4.69, 9.17) is 4.74 Å². The zero-order valence-electron chi connectivity index (χ0n) is 20.9. The summed E-state index contributed by atoms with van der Waals surface area (Å²) in [7, 11) is 0. The molecule has 3 rings (SSSR count). The number of hydrogen-bond acceptors (Lipinski definition) is 5.